The first-order chi connectivity index (χ1) is 23.5. The van der Waals surface area contributed by atoms with Crippen LogP contribution in [-0.2, 0) is 18.5 Å². The first-order valence-electron chi connectivity index (χ1n) is 14.9. The third-order valence-electron chi connectivity index (χ3n) is 8.47. The molecule has 0 spiro atoms. The first kappa shape index (κ1) is 27.6. The minimum Gasteiger partial charge on any atom is -0.388 e. The second-order valence-electron chi connectivity index (χ2n) is 11.3. The van der Waals surface area contributed by atoms with Gasteiger partial charge < -0.3 is 27.9 Å². The van der Waals surface area contributed by atoms with Gasteiger partial charge >= 0.3 is 15.6 Å². The lowest BCUT2D eigenvalue weighted by molar-refractivity contribution is -0.124. The molecule has 4 bridgehead atoms. The van der Waals surface area contributed by atoms with Gasteiger partial charge in [0.05, 0.1) is 0 Å². The number of fused-ring (bicyclic) bond motifs is 2. The van der Waals surface area contributed by atoms with Crippen LogP contribution in [0.1, 0.15) is 0 Å². The number of phosphoric ester groups is 2. The van der Waals surface area contributed by atoms with Gasteiger partial charge in [0.1, 0.15) is 0 Å². The van der Waals surface area contributed by atoms with Gasteiger partial charge in [-0.3, -0.25) is 0 Å². The molecule has 2 atom stereocenters. The van der Waals surface area contributed by atoms with Crippen molar-refractivity contribution >= 4 is 15.6 Å². The summed E-state index contributed by atoms with van der Waals surface area (Å²) >= 11 is 0. The molecule has 0 aliphatic carbocycles. The summed E-state index contributed by atoms with van der Waals surface area (Å²) < 4.78 is 61.9. The van der Waals surface area contributed by atoms with E-state index in [-0.39, 0.29) is 34.5 Å². The normalized spacial score (nSPS) is 20.4. The minimum atomic E-state index is -4.22. The van der Waals surface area contributed by atoms with Crippen LogP contribution in [0.4, 0.5) is 0 Å². The average molecular weight is 674 g/mol. The van der Waals surface area contributed by atoms with Crippen molar-refractivity contribution in [3.05, 3.63) is 121 Å². The van der Waals surface area contributed by atoms with Crippen LogP contribution in [-0.4, -0.2) is 0 Å². The highest BCUT2D eigenvalue weighted by Crippen LogP contribution is 2.76. The van der Waals surface area contributed by atoms with Crippen LogP contribution in [0.25, 0.3) is 55.6 Å². The van der Waals surface area contributed by atoms with E-state index in [0.29, 0.717) is 33.4 Å². The number of rotatable bonds is 5. The zero-order valence-corrected chi connectivity index (χ0v) is 26.3. The van der Waals surface area contributed by atoms with E-state index in [1.165, 1.54) is 0 Å². The number of phosphoric acid groups is 2. The Kier molecular flexibility index (Phi) is 5.75. The van der Waals surface area contributed by atoms with Crippen LogP contribution in [0.5, 0.6) is 34.5 Å². The van der Waals surface area contributed by atoms with Crippen LogP contribution in [0.3, 0.4) is 0 Å². The van der Waals surface area contributed by atoms with Gasteiger partial charge in [-0.2, -0.15) is 0 Å². The molecular weight excluding hydrogens is 654 g/mol. The molecule has 0 radical (unpaired) electrons. The molecule has 4 aliphatic rings. The van der Waals surface area contributed by atoms with Gasteiger partial charge in [-0.1, -0.05) is 131 Å². The van der Waals surface area contributed by atoms with Gasteiger partial charge in [-0.05, 0) is 22.3 Å². The van der Waals surface area contributed by atoms with Crippen LogP contribution in [0.15, 0.2) is 121 Å². The lowest BCUT2D eigenvalue weighted by Gasteiger charge is -2.25. The Morgan fingerprint density at radius 1 is 0.312 bits per heavy atom. The molecule has 0 amide bonds. The highest BCUT2D eigenvalue weighted by atomic mass is 31.2. The Balaban J connectivity index is 1.46. The largest absolute Gasteiger partial charge is 0.625 e. The molecule has 6 aromatic carbocycles. The zero-order valence-electron chi connectivity index (χ0n) is 24.5. The van der Waals surface area contributed by atoms with Crippen molar-refractivity contribution < 1.29 is 46.3 Å². The Morgan fingerprint density at radius 2 is 0.604 bits per heavy atom. The summed E-state index contributed by atoms with van der Waals surface area (Å²) in [6, 6.07) is 38.3. The van der Waals surface area contributed by atoms with E-state index in [2.05, 4.69) is 0 Å². The van der Waals surface area contributed by atoms with Crippen LogP contribution in [0, 0.1) is 0 Å². The lowest BCUT2D eigenvalue weighted by Crippen LogP contribution is -2.07. The van der Waals surface area contributed by atoms with E-state index in [1.54, 1.807) is 0 Å². The van der Waals surface area contributed by atoms with Crippen LogP contribution in [0.2, 0.25) is 0 Å². The molecule has 0 aromatic heterocycles. The summed E-state index contributed by atoms with van der Waals surface area (Å²) in [6.07, 6.45) is 0. The Morgan fingerprint density at radius 3 is 0.938 bits per heavy atom. The monoisotopic (exact) mass is 674 g/mol. The highest BCUT2D eigenvalue weighted by Gasteiger charge is 2.55. The third-order valence-corrected chi connectivity index (χ3v) is 10.6. The zero-order chi connectivity index (χ0) is 32.0. The van der Waals surface area contributed by atoms with Crippen molar-refractivity contribution in [2.75, 3.05) is 0 Å². The van der Waals surface area contributed by atoms with Crippen molar-refractivity contribution in [2.45, 2.75) is 0 Å². The van der Waals surface area contributed by atoms with E-state index < -0.39 is 15.6 Å². The fourth-order valence-corrected chi connectivity index (χ4v) is 8.70. The molecule has 4 aliphatic heterocycles. The molecule has 234 valence electrons. The van der Waals surface area contributed by atoms with E-state index in [9.17, 15) is 9.13 Å². The maximum Gasteiger partial charge on any atom is 0.625 e. The molecule has 0 saturated carbocycles. The molecule has 4 heterocycles. The molecule has 0 saturated heterocycles. The van der Waals surface area contributed by atoms with Gasteiger partial charge in [-0.15, -0.1) is 0 Å². The summed E-state index contributed by atoms with van der Waals surface area (Å²) in [4.78, 5) is 11.5. The van der Waals surface area contributed by atoms with Crippen molar-refractivity contribution in [1.82, 2.24) is 0 Å². The second-order valence-corrected chi connectivity index (χ2v) is 14.1. The Labute approximate surface area is 273 Å². The minimum absolute atomic E-state index is 0.0979. The summed E-state index contributed by atoms with van der Waals surface area (Å²) in [5.74, 6) is 0.782. The van der Waals surface area contributed by atoms with Crippen molar-refractivity contribution in [1.29, 1.82) is 0 Å². The standard InChI is InChI=1S/C36H20O10P2/c37-47-41-33-29(25(21-13-5-1-6-14-21)27(23-17-9-3-10-18-23)31(39-45-47)35(33)43-47)30-26(22-15-7-2-8-16-22)28(24-19-11-4-12-20-24)32-36-34(30)42-48(38,44-36)46-40-32/h1-20H. The molecule has 10 nitrogen and oxygen atoms in total. The van der Waals surface area contributed by atoms with Crippen molar-refractivity contribution in [3.8, 4) is 90.1 Å². The fourth-order valence-electron chi connectivity index (χ4n) is 6.60. The fraction of sp³-hybridized carbons (Fsp3) is 0. The smallest absolute Gasteiger partial charge is 0.388 e. The van der Waals surface area contributed by atoms with E-state index >= 15 is 0 Å². The highest BCUT2D eigenvalue weighted by molar-refractivity contribution is 7.50. The molecule has 48 heavy (non-hydrogen) atoms. The molecular formula is C36H20O10P2. The van der Waals surface area contributed by atoms with Gasteiger partial charge in [0.15, 0.2) is 11.5 Å². The number of hydrogen-bond acceptors (Lipinski definition) is 10. The summed E-state index contributed by atoms with van der Waals surface area (Å²) in [7, 11) is -8.45. The van der Waals surface area contributed by atoms with Crippen LogP contribution >= 0.6 is 15.6 Å². The third kappa shape index (κ3) is 3.95. The lowest BCUT2D eigenvalue weighted by atomic mass is 9.80. The second kappa shape index (κ2) is 10.0. The van der Waals surface area contributed by atoms with E-state index in [4.69, 9.17) is 37.2 Å². The predicted molar refractivity (Wildman–Crippen MR) is 175 cm³/mol. The van der Waals surface area contributed by atoms with E-state index in [1.807, 2.05) is 121 Å². The molecule has 0 N–H and O–H groups in total. The number of benzene rings is 6. The molecule has 10 rings (SSSR count). The molecule has 2 unspecified atom stereocenters. The van der Waals surface area contributed by atoms with Crippen molar-refractivity contribution in [2.24, 2.45) is 0 Å². The Hall–Kier alpha value is -5.50. The van der Waals surface area contributed by atoms with Crippen molar-refractivity contribution in [3.63, 3.8) is 0 Å². The van der Waals surface area contributed by atoms with Crippen LogP contribution < -0.4 is 27.9 Å². The molecule has 12 heteroatoms. The maximum absolute atomic E-state index is 13.7. The van der Waals surface area contributed by atoms with Gasteiger partial charge in [0.25, 0.3) is 0 Å². The molecule has 6 aromatic rings. The van der Waals surface area contributed by atoms with Gasteiger partial charge in [0.2, 0.25) is 23.0 Å². The van der Waals surface area contributed by atoms with Gasteiger partial charge in [0, 0.05) is 33.4 Å². The maximum atomic E-state index is 13.7. The summed E-state index contributed by atoms with van der Waals surface area (Å²) in [6.45, 7) is 0. The number of hydrogen-bond donors (Lipinski definition) is 0. The summed E-state index contributed by atoms with van der Waals surface area (Å²) in [5, 5.41) is 0. The SMILES string of the molecule is O=P12OOc3c(c(c(-c4c5c6c(c(-c7ccccc7)c4-c4ccccc4)OOP(=O)(O6)O5)c(-c4ccccc4)c3-c3ccccc3)O1)O2. The van der Waals surface area contributed by atoms with E-state index in [0.717, 1.165) is 22.3 Å². The quantitative estimate of drug-likeness (QED) is 0.129. The Bertz CT molecular complexity index is 2230. The topological polar surface area (TPSA) is 108 Å². The molecule has 0 fully saturated rings. The summed E-state index contributed by atoms with van der Waals surface area (Å²) in [5.41, 5.74) is 6.26. The average Bonchev–Trinajstić information content (AvgIpc) is 3.61. The van der Waals surface area contributed by atoms with Gasteiger partial charge in [-0.25, -0.2) is 9.13 Å². The first-order valence-corrected chi connectivity index (χ1v) is 17.8. The predicted octanol–water partition coefficient (Wildman–Crippen LogP) is 10.4.